The smallest absolute Gasteiger partial charge is 0.306 e. The van der Waals surface area contributed by atoms with Gasteiger partial charge in [0.2, 0.25) is 0 Å². The zero-order valence-corrected chi connectivity index (χ0v) is 27.4. The maximum atomic E-state index is 12.1. The maximum Gasteiger partial charge on any atom is 0.306 e. The van der Waals surface area contributed by atoms with Crippen molar-refractivity contribution in [2.24, 2.45) is 0 Å². The number of hydrogen-bond acceptors (Lipinski definition) is 5. The quantitative estimate of drug-likeness (QED) is 0.0401. The number of unbranched alkanes of at least 4 members (excludes halogenated alkanes) is 11. The summed E-state index contributed by atoms with van der Waals surface area (Å²) < 4.78 is 10.5. The van der Waals surface area contributed by atoms with Gasteiger partial charge in [-0.3, -0.25) is 9.59 Å². The van der Waals surface area contributed by atoms with Crippen LogP contribution >= 0.6 is 0 Å². The van der Waals surface area contributed by atoms with Crippen LogP contribution in [0.5, 0.6) is 0 Å². The number of esters is 2. The number of aliphatic hydroxyl groups excluding tert-OH is 1. The van der Waals surface area contributed by atoms with E-state index in [4.69, 9.17) is 9.47 Å². The molecule has 0 heterocycles. The molecule has 0 aliphatic rings. The van der Waals surface area contributed by atoms with Gasteiger partial charge in [0.05, 0.1) is 6.61 Å². The molecule has 0 aromatic rings. The molecule has 1 atom stereocenters. The van der Waals surface area contributed by atoms with Crippen molar-refractivity contribution >= 4 is 11.9 Å². The minimum Gasteiger partial charge on any atom is -0.462 e. The van der Waals surface area contributed by atoms with E-state index in [1.807, 2.05) is 6.08 Å². The largest absolute Gasteiger partial charge is 0.462 e. The van der Waals surface area contributed by atoms with Gasteiger partial charge in [0, 0.05) is 12.8 Å². The highest BCUT2D eigenvalue weighted by atomic mass is 16.6. The Hall–Kier alpha value is -2.66. The molecule has 1 N–H and O–H groups in total. The second kappa shape index (κ2) is 33.8. The summed E-state index contributed by atoms with van der Waals surface area (Å²) in [5.74, 6) is -0.640. The molecule has 0 amide bonds. The van der Waals surface area contributed by atoms with Crippen LogP contribution in [-0.4, -0.2) is 36.4 Å². The molecule has 0 aromatic heterocycles. The van der Waals surface area contributed by atoms with Gasteiger partial charge >= 0.3 is 11.9 Å². The molecule has 0 radical (unpaired) electrons. The summed E-state index contributed by atoms with van der Waals surface area (Å²) >= 11 is 0. The van der Waals surface area contributed by atoms with Gasteiger partial charge < -0.3 is 14.6 Å². The summed E-state index contributed by atoms with van der Waals surface area (Å²) in [5, 5.41) is 9.51. The standard InChI is InChI=1S/C38H62O5/c1-3-5-7-9-11-13-15-17-18-19-21-23-25-27-29-31-33-38(41)43-36(34-39)35-42-37(40)32-30-28-26-24-22-20-16-14-12-10-8-6-4-2/h5-8,10-14,16-18,36,39H,3-4,9,15,19-35H2,1-2H3/b7-5+,8-6+,12-10+,13-11+,16-14+,18-17+. The van der Waals surface area contributed by atoms with E-state index >= 15 is 0 Å². The lowest BCUT2D eigenvalue weighted by Gasteiger charge is -2.15. The van der Waals surface area contributed by atoms with Gasteiger partial charge in [0.1, 0.15) is 6.61 Å². The Labute approximate surface area is 263 Å². The minimum atomic E-state index is -0.788. The van der Waals surface area contributed by atoms with E-state index in [9.17, 15) is 14.7 Å². The summed E-state index contributed by atoms with van der Waals surface area (Å²) in [7, 11) is 0. The lowest BCUT2D eigenvalue weighted by molar-refractivity contribution is -0.161. The van der Waals surface area contributed by atoms with E-state index in [2.05, 4.69) is 80.7 Å². The van der Waals surface area contributed by atoms with Crippen LogP contribution in [0.15, 0.2) is 72.9 Å². The van der Waals surface area contributed by atoms with Gasteiger partial charge in [-0.1, -0.05) is 132 Å². The highest BCUT2D eigenvalue weighted by Crippen LogP contribution is 2.11. The molecule has 0 aliphatic carbocycles. The van der Waals surface area contributed by atoms with Gasteiger partial charge in [-0.05, 0) is 64.2 Å². The number of carbonyl (C=O) groups is 2. The van der Waals surface area contributed by atoms with Crippen LogP contribution in [0, 0.1) is 0 Å². The summed E-state index contributed by atoms with van der Waals surface area (Å²) in [6, 6.07) is 0. The third-order valence-electron chi connectivity index (χ3n) is 6.81. The molecule has 0 fully saturated rings. The molecule has 1 unspecified atom stereocenters. The third kappa shape index (κ3) is 32.1. The van der Waals surface area contributed by atoms with E-state index in [0.29, 0.717) is 12.8 Å². The first-order chi connectivity index (χ1) is 21.1. The maximum absolute atomic E-state index is 12.1. The van der Waals surface area contributed by atoms with Crippen LogP contribution in [0.25, 0.3) is 0 Å². The normalized spacial score (nSPS) is 13.1. The molecule has 5 heteroatoms. The van der Waals surface area contributed by atoms with Crippen molar-refractivity contribution in [2.75, 3.05) is 13.2 Å². The molecule has 0 spiro atoms. The van der Waals surface area contributed by atoms with Crippen molar-refractivity contribution in [1.82, 2.24) is 0 Å². The molecule has 0 rings (SSSR count). The number of hydrogen-bond donors (Lipinski definition) is 1. The Morgan fingerprint density at radius 2 is 1.05 bits per heavy atom. The van der Waals surface area contributed by atoms with Crippen molar-refractivity contribution in [3.63, 3.8) is 0 Å². The number of aliphatic hydroxyl groups is 1. The van der Waals surface area contributed by atoms with Crippen LogP contribution in [0.4, 0.5) is 0 Å². The third-order valence-corrected chi connectivity index (χ3v) is 6.81. The lowest BCUT2D eigenvalue weighted by atomic mass is 10.1. The number of carbonyl (C=O) groups excluding carboxylic acids is 2. The van der Waals surface area contributed by atoms with Crippen LogP contribution in [0.1, 0.15) is 136 Å². The van der Waals surface area contributed by atoms with Crippen LogP contribution < -0.4 is 0 Å². The van der Waals surface area contributed by atoms with E-state index < -0.39 is 6.10 Å². The Morgan fingerprint density at radius 1 is 0.558 bits per heavy atom. The van der Waals surface area contributed by atoms with Crippen LogP contribution in [0.3, 0.4) is 0 Å². The SMILES string of the molecule is CC/C=C/C=C/C=C/CCCCCCCC(=O)OCC(CO)OC(=O)CCCCCCCC/C=C/C/C=C/C/C=C/CC. The molecular formula is C38H62O5. The van der Waals surface area contributed by atoms with E-state index in [1.165, 1.54) is 19.3 Å². The van der Waals surface area contributed by atoms with Crippen molar-refractivity contribution in [3.05, 3.63) is 72.9 Å². The second-order valence-corrected chi connectivity index (χ2v) is 10.9. The molecule has 0 saturated carbocycles. The molecule has 0 aliphatic heterocycles. The lowest BCUT2D eigenvalue weighted by Crippen LogP contribution is -2.28. The van der Waals surface area contributed by atoms with Crippen LogP contribution in [-0.2, 0) is 19.1 Å². The van der Waals surface area contributed by atoms with Crippen molar-refractivity contribution in [1.29, 1.82) is 0 Å². The first kappa shape index (κ1) is 40.3. The first-order valence-corrected chi connectivity index (χ1v) is 17.0. The fourth-order valence-electron chi connectivity index (χ4n) is 4.27. The Kier molecular flexibility index (Phi) is 31.7. The fourth-order valence-corrected chi connectivity index (χ4v) is 4.27. The second-order valence-electron chi connectivity index (χ2n) is 10.9. The van der Waals surface area contributed by atoms with Gasteiger partial charge in [-0.25, -0.2) is 0 Å². The highest BCUT2D eigenvalue weighted by molar-refractivity contribution is 5.70. The molecule has 5 nitrogen and oxygen atoms in total. The predicted molar refractivity (Wildman–Crippen MR) is 182 cm³/mol. The van der Waals surface area contributed by atoms with Crippen molar-refractivity contribution in [2.45, 2.75) is 142 Å². The molecule has 244 valence electrons. The van der Waals surface area contributed by atoms with Gasteiger partial charge in [0.25, 0.3) is 0 Å². The Bertz CT molecular complexity index is 818. The summed E-state index contributed by atoms with van der Waals surface area (Å²) in [6.45, 7) is 3.84. The molecule has 0 saturated heterocycles. The Morgan fingerprint density at radius 3 is 1.65 bits per heavy atom. The summed E-state index contributed by atoms with van der Waals surface area (Å²) in [5.41, 5.74) is 0. The number of ether oxygens (including phenoxy) is 2. The molecule has 0 aromatic carbocycles. The van der Waals surface area contributed by atoms with Crippen molar-refractivity contribution < 1.29 is 24.2 Å². The van der Waals surface area contributed by atoms with Crippen LogP contribution in [0.2, 0.25) is 0 Å². The first-order valence-electron chi connectivity index (χ1n) is 17.0. The molecular weight excluding hydrogens is 536 g/mol. The average Bonchev–Trinajstić information content (AvgIpc) is 3.01. The van der Waals surface area contributed by atoms with Gasteiger partial charge in [-0.15, -0.1) is 0 Å². The zero-order chi connectivity index (χ0) is 31.5. The van der Waals surface area contributed by atoms with Crippen molar-refractivity contribution in [3.8, 4) is 0 Å². The highest BCUT2D eigenvalue weighted by Gasteiger charge is 2.16. The molecule has 0 bridgehead atoms. The minimum absolute atomic E-state index is 0.0862. The predicted octanol–water partition coefficient (Wildman–Crippen LogP) is 10.2. The monoisotopic (exact) mass is 598 g/mol. The van der Waals surface area contributed by atoms with E-state index in [1.54, 1.807) is 0 Å². The average molecular weight is 599 g/mol. The van der Waals surface area contributed by atoms with E-state index in [0.717, 1.165) is 89.9 Å². The van der Waals surface area contributed by atoms with Gasteiger partial charge in [0.15, 0.2) is 6.10 Å². The Balaban J connectivity index is 3.66. The topological polar surface area (TPSA) is 72.8 Å². The number of allylic oxidation sites excluding steroid dienone is 12. The summed E-state index contributed by atoms with van der Waals surface area (Å²) in [4.78, 5) is 24.1. The van der Waals surface area contributed by atoms with E-state index in [-0.39, 0.29) is 25.2 Å². The molecule has 43 heavy (non-hydrogen) atoms. The number of rotatable bonds is 29. The van der Waals surface area contributed by atoms with Gasteiger partial charge in [-0.2, -0.15) is 0 Å². The summed E-state index contributed by atoms with van der Waals surface area (Å²) in [6.07, 6.45) is 43.8. The zero-order valence-electron chi connectivity index (χ0n) is 27.4. The fraction of sp³-hybridized carbons (Fsp3) is 0.632.